The number of hydrogen-bond donors (Lipinski definition) is 2. The third kappa shape index (κ3) is 5.71. The molecule has 0 saturated heterocycles. The Kier molecular flexibility index (Phi) is 6.80. The number of halogens is 4. The van der Waals surface area contributed by atoms with Gasteiger partial charge in [0.15, 0.2) is 0 Å². The molecule has 3 rings (SSSR count). The lowest BCUT2D eigenvalue weighted by atomic mass is 10.2. The second-order valence-corrected chi connectivity index (χ2v) is 8.44. The van der Waals surface area contributed by atoms with Crippen molar-refractivity contribution in [3.63, 3.8) is 0 Å². The molecule has 0 aromatic heterocycles. The van der Waals surface area contributed by atoms with Gasteiger partial charge in [0.05, 0.1) is 28.1 Å². The first kappa shape index (κ1) is 23.0. The number of alkyl halides is 3. The van der Waals surface area contributed by atoms with Crippen LogP contribution in [0.4, 0.5) is 24.5 Å². The second kappa shape index (κ2) is 9.19. The first-order chi connectivity index (χ1) is 14.5. The normalized spacial score (nSPS) is 15.6. The lowest BCUT2D eigenvalue weighted by molar-refractivity contribution is -0.137. The molecule has 1 heterocycles. The summed E-state index contributed by atoms with van der Waals surface area (Å²) in [7, 11) is 1.38. The predicted octanol–water partition coefficient (Wildman–Crippen LogP) is 4.26. The van der Waals surface area contributed by atoms with Gasteiger partial charge in [-0.25, -0.2) is 0 Å². The number of rotatable bonds is 5. The Morgan fingerprint density at radius 2 is 1.94 bits per heavy atom. The van der Waals surface area contributed by atoms with Gasteiger partial charge in [0.2, 0.25) is 17.7 Å². The monoisotopic (exact) mass is 471 g/mol. The predicted molar refractivity (Wildman–Crippen MR) is 112 cm³/mol. The summed E-state index contributed by atoms with van der Waals surface area (Å²) in [4.78, 5) is 38.8. The zero-order chi connectivity index (χ0) is 22.8. The van der Waals surface area contributed by atoms with Gasteiger partial charge < -0.3 is 15.5 Å². The van der Waals surface area contributed by atoms with Crippen LogP contribution in [-0.2, 0) is 20.6 Å². The Hall–Kier alpha value is -2.72. The highest BCUT2D eigenvalue weighted by Crippen LogP contribution is 2.37. The standard InChI is InChI=1S/C20H17ClF3N3O3S/c1-27(10-17(28)25-11-6-7-13(21)12(8-11)20(22,23)24)18(29)9-16-19(30)26-14-4-2-3-5-15(14)31-16/h2-8,16H,9-10H2,1H3,(H,25,28)(H,26,30)/t16-/m0/s1. The van der Waals surface area contributed by atoms with Crippen LogP contribution in [0.3, 0.4) is 0 Å². The Morgan fingerprint density at radius 1 is 1.23 bits per heavy atom. The number of carbonyl (C=O) groups excluding carboxylic acids is 3. The van der Waals surface area contributed by atoms with Crippen molar-refractivity contribution in [2.75, 3.05) is 24.2 Å². The third-order valence-electron chi connectivity index (χ3n) is 4.43. The molecule has 31 heavy (non-hydrogen) atoms. The van der Waals surface area contributed by atoms with Gasteiger partial charge in [-0.1, -0.05) is 23.7 Å². The second-order valence-electron chi connectivity index (χ2n) is 6.79. The van der Waals surface area contributed by atoms with Crippen LogP contribution in [0.1, 0.15) is 12.0 Å². The minimum absolute atomic E-state index is 0.0959. The molecule has 0 bridgehead atoms. The number of benzene rings is 2. The maximum atomic E-state index is 12.9. The van der Waals surface area contributed by atoms with Crippen molar-refractivity contribution in [3.05, 3.63) is 53.1 Å². The molecule has 164 valence electrons. The van der Waals surface area contributed by atoms with Crippen LogP contribution in [0.2, 0.25) is 5.02 Å². The molecule has 3 amide bonds. The molecule has 6 nitrogen and oxygen atoms in total. The van der Waals surface area contributed by atoms with Crippen LogP contribution in [0, 0.1) is 0 Å². The van der Waals surface area contributed by atoms with Gasteiger partial charge in [-0.15, -0.1) is 11.8 Å². The maximum absolute atomic E-state index is 12.9. The van der Waals surface area contributed by atoms with E-state index in [4.69, 9.17) is 11.6 Å². The summed E-state index contributed by atoms with van der Waals surface area (Å²) in [5.41, 5.74) is -0.492. The Labute approximate surface area is 185 Å². The van der Waals surface area contributed by atoms with E-state index in [0.717, 1.165) is 21.9 Å². The largest absolute Gasteiger partial charge is 0.417 e. The molecule has 11 heteroatoms. The first-order valence-electron chi connectivity index (χ1n) is 9.01. The molecular formula is C20H17ClF3N3O3S. The number of anilines is 2. The van der Waals surface area contributed by atoms with E-state index in [9.17, 15) is 27.6 Å². The van der Waals surface area contributed by atoms with Gasteiger partial charge in [0.1, 0.15) is 0 Å². The maximum Gasteiger partial charge on any atom is 0.417 e. The Bertz CT molecular complexity index is 1030. The lowest BCUT2D eigenvalue weighted by Crippen LogP contribution is -2.39. The van der Waals surface area contributed by atoms with E-state index in [0.29, 0.717) is 5.69 Å². The fraction of sp³-hybridized carbons (Fsp3) is 0.250. The van der Waals surface area contributed by atoms with Crippen molar-refractivity contribution < 1.29 is 27.6 Å². The molecule has 0 unspecified atom stereocenters. The van der Waals surface area contributed by atoms with Crippen molar-refractivity contribution in [3.8, 4) is 0 Å². The molecule has 0 fully saturated rings. The molecule has 1 atom stereocenters. The topological polar surface area (TPSA) is 78.5 Å². The van der Waals surface area contributed by atoms with E-state index in [1.807, 2.05) is 12.1 Å². The highest BCUT2D eigenvalue weighted by molar-refractivity contribution is 8.01. The van der Waals surface area contributed by atoms with Crippen LogP contribution in [0.15, 0.2) is 47.4 Å². The van der Waals surface area contributed by atoms with E-state index in [-0.39, 0.29) is 18.0 Å². The van der Waals surface area contributed by atoms with E-state index < -0.39 is 40.4 Å². The molecule has 0 saturated carbocycles. The number of nitrogens with one attached hydrogen (secondary N) is 2. The number of hydrogen-bond acceptors (Lipinski definition) is 4. The van der Waals surface area contributed by atoms with Gasteiger partial charge in [-0.2, -0.15) is 13.2 Å². The zero-order valence-electron chi connectivity index (χ0n) is 16.1. The fourth-order valence-corrected chi connectivity index (χ4v) is 4.19. The summed E-state index contributed by atoms with van der Waals surface area (Å²) < 4.78 is 38.8. The van der Waals surface area contributed by atoms with Crippen LogP contribution in [0.5, 0.6) is 0 Å². The summed E-state index contributed by atoms with van der Waals surface area (Å²) in [5.74, 6) is -1.44. The average Bonchev–Trinajstić information content (AvgIpc) is 2.69. The molecule has 2 N–H and O–H groups in total. The smallest absolute Gasteiger partial charge is 0.336 e. The van der Waals surface area contributed by atoms with Crippen LogP contribution in [0.25, 0.3) is 0 Å². The van der Waals surface area contributed by atoms with Gasteiger partial charge >= 0.3 is 6.18 Å². The van der Waals surface area contributed by atoms with E-state index in [1.165, 1.54) is 24.9 Å². The SMILES string of the molecule is CN(CC(=O)Nc1ccc(Cl)c(C(F)(F)F)c1)C(=O)C[C@@H]1Sc2ccccc2NC1=O. The molecular weight excluding hydrogens is 455 g/mol. The molecule has 0 radical (unpaired) electrons. The highest BCUT2D eigenvalue weighted by Gasteiger charge is 2.34. The molecule has 0 spiro atoms. The summed E-state index contributed by atoms with van der Waals surface area (Å²) in [6.07, 6.45) is -4.80. The molecule has 2 aromatic carbocycles. The van der Waals surface area contributed by atoms with Crippen LogP contribution < -0.4 is 10.6 Å². The van der Waals surface area contributed by atoms with Crippen LogP contribution in [-0.4, -0.2) is 41.5 Å². The number of thioether (sulfide) groups is 1. The number of carbonyl (C=O) groups is 3. The number of likely N-dealkylation sites (N-methyl/N-ethyl adjacent to an activating group) is 1. The van der Waals surface area contributed by atoms with Crippen LogP contribution >= 0.6 is 23.4 Å². The molecule has 2 aromatic rings. The number of fused-ring (bicyclic) bond motifs is 1. The van der Waals surface area contributed by atoms with Gasteiger partial charge in [-0.3, -0.25) is 14.4 Å². The minimum atomic E-state index is -4.67. The Morgan fingerprint density at radius 3 is 2.65 bits per heavy atom. The van der Waals surface area contributed by atoms with Crippen molar-refractivity contribution in [1.82, 2.24) is 4.90 Å². The fourth-order valence-electron chi connectivity index (χ4n) is 2.87. The summed E-state index contributed by atoms with van der Waals surface area (Å²) in [6, 6.07) is 10.2. The van der Waals surface area contributed by atoms with E-state index in [1.54, 1.807) is 12.1 Å². The van der Waals surface area contributed by atoms with Crippen molar-refractivity contribution >= 4 is 52.5 Å². The van der Waals surface area contributed by atoms with Crippen molar-refractivity contribution in [2.24, 2.45) is 0 Å². The molecule has 1 aliphatic heterocycles. The number of nitrogens with zero attached hydrogens (tertiary/aromatic N) is 1. The molecule has 0 aliphatic carbocycles. The minimum Gasteiger partial charge on any atom is -0.336 e. The zero-order valence-corrected chi connectivity index (χ0v) is 17.7. The summed E-state index contributed by atoms with van der Waals surface area (Å²) >= 11 is 6.82. The van der Waals surface area contributed by atoms with E-state index in [2.05, 4.69) is 10.6 Å². The summed E-state index contributed by atoms with van der Waals surface area (Å²) in [5, 5.41) is 3.92. The number of para-hydroxylation sites is 1. The first-order valence-corrected chi connectivity index (χ1v) is 10.3. The number of amides is 3. The summed E-state index contributed by atoms with van der Waals surface area (Å²) in [6.45, 7) is -0.390. The highest BCUT2D eigenvalue weighted by atomic mass is 35.5. The van der Waals surface area contributed by atoms with Crippen molar-refractivity contribution in [2.45, 2.75) is 22.7 Å². The van der Waals surface area contributed by atoms with Gasteiger partial charge in [0, 0.05) is 24.1 Å². The Balaban J connectivity index is 1.58. The third-order valence-corrected chi connectivity index (χ3v) is 6.03. The van der Waals surface area contributed by atoms with Crippen molar-refractivity contribution in [1.29, 1.82) is 0 Å². The quantitative estimate of drug-likeness (QED) is 0.683. The average molecular weight is 472 g/mol. The lowest BCUT2D eigenvalue weighted by Gasteiger charge is -2.25. The van der Waals surface area contributed by atoms with Gasteiger partial charge in [0.25, 0.3) is 0 Å². The molecule has 1 aliphatic rings. The van der Waals surface area contributed by atoms with E-state index >= 15 is 0 Å². The van der Waals surface area contributed by atoms with Gasteiger partial charge in [-0.05, 0) is 30.3 Å².